The number of esters is 1. The van der Waals surface area contributed by atoms with Gasteiger partial charge in [-0.15, -0.1) is 4.37 Å². The van der Waals surface area contributed by atoms with Gasteiger partial charge in [0.25, 0.3) is 5.88 Å². The molecule has 0 amide bonds. The first kappa shape index (κ1) is 19.1. The van der Waals surface area contributed by atoms with Crippen LogP contribution in [0.5, 0.6) is 5.88 Å². The third-order valence-corrected chi connectivity index (χ3v) is 4.44. The second kappa shape index (κ2) is 6.24. The van der Waals surface area contributed by atoms with E-state index in [1.165, 1.54) is 5.06 Å². The van der Waals surface area contributed by atoms with Gasteiger partial charge < -0.3 is 14.7 Å². The third-order valence-electron chi connectivity index (χ3n) is 3.93. The number of nitrogens with zero attached hydrogens (tertiary/aromatic N) is 3. The molecule has 0 aliphatic carbocycles. The second-order valence-electron chi connectivity index (χ2n) is 8.50. The predicted octanol–water partition coefficient (Wildman–Crippen LogP) is 3.28. The van der Waals surface area contributed by atoms with Gasteiger partial charge in [-0.2, -0.15) is 9.44 Å². The van der Waals surface area contributed by atoms with Crippen LogP contribution >= 0.6 is 11.7 Å². The number of ether oxygens (including phenoxy) is 2. The van der Waals surface area contributed by atoms with E-state index in [1.807, 2.05) is 27.7 Å². The van der Waals surface area contributed by atoms with Gasteiger partial charge in [0.15, 0.2) is 0 Å². The molecule has 0 spiro atoms. The molecule has 1 aromatic rings. The van der Waals surface area contributed by atoms with E-state index in [4.69, 9.17) is 9.47 Å². The molecule has 8 heteroatoms. The molecule has 1 aliphatic heterocycles. The topological polar surface area (TPSA) is 84.8 Å². The molecule has 24 heavy (non-hydrogen) atoms. The summed E-state index contributed by atoms with van der Waals surface area (Å²) in [5.74, 6) is -0.332. The normalized spacial score (nSPS) is 21.5. The van der Waals surface area contributed by atoms with E-state index in [2.05, 4.69) is 8.75 Å². The van der Waals surface area contributed by atoms with E-state index in [0.717, 1.165) is 11.7 Å². The number of aromatic nitrogens is 2. The van der Waals surface area contributed by atoms with Gasteiger partial charge >= 0.3 is 5.97 Å². The highest BCUT2D eigenvalue weighted by Gasteiger charge is 2.46. The van der Waals surface area contributed by atoms with Crippen LogP contribution < -0.4 is 4.74 Å². The summed E-state index contributed by atoms with van der Waals surface area (Å²) in [5, 5.41) is 11.7. The maximum Gasteiger partial charge on any atom is 0.364 e. The molecule has 7 nitrogen and oxygen atoms in total. The van der Waals surface area contributed by atoms with Gasteiger partial charge in [-0.05, 0) is 48.5 Å². The molecule has 0 saturated carbocycles. The first-order valence-electron chi connectivity index (χ1n) is 8.04. The van der Waals surface area contributed by atoms with Crippen LogP contribution in [0.4, 0.5) is 0 Å². The fourth-order valence-electron chi connectivity index (χ4n) is 3.13. The van der Waals surface area contributed by atoms with Gasteiger partial charge in [0.05, 0.1) is 11.7 Å². The lowest BCUT2D eigenvalue weighted by Crippen LogP contribution is -2.61. The van der Waals surface area contributed by atoms with Gasteiger partial charge in [0, 0.05) is 23.9 Å². The van der Waals surface area contributed by atoms with Crippen LogP contribution in [0.15, 0.2) is 0 Å². The van der Waals surface area contributed by atoms with Crippen LogP contribution in [0.2, 0.25) is 0 Å². The molecule has 0 radical (unpaired) electrons. The largest absolute Gasteiger partial charge is 0.472 e. The predicted molar refractivity (Wildman–Crippen MR) is 90.5 cm³/mol. The van der Waals surface area contributed by atoms with E-state index in [1.54, 1.807) is 20.8 Å². The average molecular weight is 357 g/mol. The Morgan fingerprint density at radius 1 is 1.21 bits per heavy atom. The van der Waals surface area contributed by atoms with Crippen molar-refractivity contribution >= 4 is 17.7 Å². The van der Waals surface area contributed by atoms with E-state index >= 15 is 0 Å². The number of rotatable bonds is 3. The molecule has 136 valence electrons. The van der Waals surface area contributed by atoms with Crippen molar-refractivity contribution in [3.8, 4) is 5.88 Å². The summed E-state index contributed by atoms with van der Waals surface area (Å²) in [7, 11) is 0. The van der Waals surface area contributed by atoms with E-state index < -0.39 is 22.6 Å². The minimum Gasteiger partial charge on any atom is -0.472 e. The Balaban J connectivity index is 2.15. The zero-order chi connectivity index (χ0) is 18.3. The van der Waals surface area contributed by atoms with Crippen LogP contribution in [0.1, 0.15) is 71.8 Å². The average Bonchev–Trinajstić information content (AvgIpc) is 2.81. The van der Waals surface area contributed by atoms with Crippen molar-refractivity contribution < 1.29 is 19.5 Å². The lowest BCUT2D eigenvalue weighted by atomic mass is 9.80. The van der Waals surface area contributed by atoms with E-state index in [-0.39, 0.29) is 17.7 Å². The first-order chi connectivity index (χ1) is 10.8. The number of piperidine rings is 1. The Hall–Kier alpha value is -1.25. The number of carbonyl (C=O) groups is 1. The molecule has 0 bridgehead atoms. The molecule has 0 unspecified atom stereocenters. The zero-order valence-corrected chi connectivity index (χ0v) is 16.2. The number of hydrogen-bond donors (Lipinski definition) is 1. The summed E-state index contributed by atoms with van der Waals surface area (Å²) in [6, 6.07) is 0. The summed E-state index contributed by atoms with van der Waals surface area (Å²) in [6.45, 7) is 13.2. The highest BCUT2D eigenvalue weighted by Crippen LogP contribution is 2.38. The Kier molecular flexibility index (Phi) is 4.96. The van der Waals surface area contributed by atoms with Gasteiger partial charge in [-0.25, -0.2) is 4.79 Å². The second-order valence-corrected chi connectivity index (χ2v) is 9.03. The lowest BCUT2D eigenvalue weighted by Gasteiger charge is -2.50. The van der Waals surface area contributed by atoms with Crippen molar-refractivity contribution in [1.82, 2.24) is 13.8 Å². The number of carbonyl (C=O) groups excluding carboxylic acids is 1. The highest BCUT2D eigenvalue weighted by molar-refractivity contribution is 6.99. The first-order valence-corrected chi connectivity index (χ1v) is 8.77. The number of hydrogen-bond acceptors (Lipinski definition) is 8. The molecular weight excluding hydrogens is 330 g/mol. The van der Waals surface area contributed by atoms with E-state index in [9.17, 15) is 10.0 Å². The van der Waals surface area contributed by atoms with Gasteiger partial charge in [-0.3, -0.25) is 0 Å². The number of hydroxylamine groups is 2. The standard InChI is InChI=1S/C16H27N3O4S/c1-14(2,3)23-13(20)11-12(18-24-17-11)22-10-8-15(4,5)19(21)16(6,7)9-10/h10,21H,8-9H2,1-7H3. The SMILES string of the molecule is CC(C)(C)OC(=O)c1nsnc1OC1CC(C)(C)N(O)C(C)(C)C1. The fourth-order valence-corrected chi connectivity index (χ4v) is 3.61. The van der Waals surface area contributed by atoms with Crippen LogP contribution in [0.3, 0.4) is 0 Å². The summed E-state index contributed by atoms with van der Waals surface area (Å²) in [5.41, 5.74) is -1.38. The Bertz CT molecular complexity index is 589. The molecular formula is C16H27N3O4S. The molecule has 2 heterocycles. The summed E-state index contributed by atoms with van der Waals surface area (Å²) >= 11 is 0.924. The molecule has 1 aromatic heterocycles. The van der Waals surface area contributed by atoms with Crippen LogP contribution in [0.25, 0.3) is 0 Å². The van der Waals surface area contributed by atoms with Gasteiger partial charge in [0.1, 0.15) is 11.7 Å². The van der Waals surface area contributed by atoms with Crippen LogP contribution in [-0.4, -0.2) is 47.8 Å². The quantitative estimate of drug-likeness (QED) is 0.831. The highest BCUT2D eigenvalue weighted by atomic mass is 32.1. The van der Waals surface area contributed by atoms with Crippen molar-refractivity contribution in [2.24, 2.45) is 0 Å². The van der Waals surface area contributed by atoms with Crippen molar-refractivity contribution in [3.05, 3.63) is 5.69 Å². The van der Waals surface area contributed by atoms with Crippen LogP contribution in [-0.2, 0) is 4.74 Å². The van der Waals surface area contributed by atoms with Crippen molar-refractivity contribution in [3.63, 3.8) is 0 Å². The van der Waals surface area contributed by atoms with Gasteiger partial charge in [0.2, 0.25) is 5.69 Å². The molecule has 1 fully saturated rings. The maximum absolute atomic E-state index is 12.2. The summed E-state index contributed by atoms with van der Waals surface area (Å²) in [6.07, 6.45) is 1.04. The van der Waals surface area contributed by atoms with Crippen molar-refractivity contribution in [2.75, 3.05) is 0 Å². The molecule has 1 N–H and O–H groups in total. The molecule has 2 rings (SSSR count). The molecule has 1 aliphatic rings. The Morgan fingerprint density at radius 3 is 2.25 bits per heavy atom. The fraction of sp³-hybridized carbons (Fsp3) is 0.812. The maximum atomic E-state index is 12.2. The monoisotopic (exact) mass is 357 g/mol. The molecule has 1 saturated heterocycles. The smallest absolute Gasteiger partial charge is 0.364 e. The zero-order valence-electron chi connectivity index (χ0n) is 15.4. The van der Waals surface area contributed by atoms with Crippen molar-refractivity contribution in [1.29, 1.82) is 0 Å². The minimum atomic E-state index is -0.607. The Labute approximate surface area is 147 Å². The van der Waals surface area contributed by atoms with E-state index in [0.29, 0.717) is 12.8 Å². The minimum absolute atomic E-state index is 0.108. The van der Waals surface area contributed by atoms with Crippen molar-refractivity contribution in [2.45, 2.75) is 84.1 Å². The summed E-state index contributed by atoms with van der Waals surface area (Å²) in [4.78, 5) is 12.2. The summed E-state index contributed by atoms with van der Waals surface area (Å²) < 4.78 is 19.5. The molecule has 0 aromatic carbocycles. The molecule has 0 atom stereocenters. The van der Waals surface area contributed by atoms with Gasteiger partial charge in [-0.1, -0.05) is 0 Å². The third kappa shape index (κ3) is 4.23. The lowest BCUT2D eigenvalue weighted by molar-refractivity contribution is -0.255. The van der Waals surface area contributed by atoms with Crippen LogP contribution in [0, 0.1) is 0 Å². The Morgan fingerprint density at radius 2 is 1.75 bits per heavy atom.